The number of rotatable bonds is 8. The van der Waals surface area contributed by atoms with Gasteiger partial charge in [-0.2, -0.15) is 5.10 Å². The highest BCUT2D eigenvalue weighted by atomic mass is 79.9. The van der Waals surface area contributed by atoms with Crippen molar-refractivity contribution in [2.45, 2.75) is 18.0 Å². The van der Waals surface area contributed by atoms with Gasteiger partial charge in [-0.15, -0.1) is 11.8 Å². The number of hydrogen-bond donors (Lipinski definition) is 1. The molecule has 0 aliphatic heterocycles. The lowest BCUT2D eigenvalue weighted by molar-refractivity contribution is -0.118. The van der Waals surface area contributed by atoms with Gasteiger partial charge < -0.3 is 5.32 Å². The summed E-state index contributed by atoms with van der Waals surface area (Å²) in [5.74, 6) is -0.218. The SMILES string of the molecule is O=C(CSc1ccc(F)cc1)NCCn1ncc2c(=O)n(Cc3ccc(Br)cc3)cnc21. The average molecular weight is 516 g/mol. The summed E-state index contributed by atoms with van der Waals surface area (Å²) in [6.07, 6.45) is 3.03. The van der Waals surface area contributed by atoms with Crippen LogP contribution in [0.1, 0.15) is 5.56 Å². The second-order valence-corrected chi connectivity index (χ2v) is 8.97. The quantitative estimate of drug-likeness (QED) is 0.363. The molecule has 0 radical (unpaired) electrons. The van der Waals surface area contributed by atoms with E-state index in [0.717, 1.165) is 14.9 Å². The van der Waals surface area contributed by atoms with Crippen molar-refractivity contribution >= 4 is 44.6 Å². The molecule has 10 heteroatoms. The predicted octanol–water partition coefficient (Wildman–Crippen LogP) is 3.45. The predicted molar refractivity (Wildman–Crippen MR) is 125 cm³/mol. The zero-order chi connectivity index (χ0) is 22.5. The normalized spacial score (nSPS) is 11.1. The summed E-state index contributed by atoms with van der Waals surface area (Å²) in [6, 6.07) is 13.7. The van der Waals surface area contributed by atoms with Gasteiger partial charge in [-0.1, -0.05) is 28.1 Å². The molecule has 1 N–H and O–H groups in total. The number of nitrogens with one attached hydrogen (secondary N) is 1. The Kier molecular flexibility index (Phi) is 7.01. The third-order valence-electron chi connectivity index (χ3n) is 4.72. The van der Waals surface area contributed by atoms with Crippen LogP contribution in [0.4, 0.5) is 4.39 Å². The molecule has 2 aromatic carbocycles. The molecule has 4 aromatic rings. The Labute approximate surface area is 195 Å². The summed E-state index contributed by atoms with van der Waals surface area (Å²) in [5.41, 5.74) is 1.31. The van der Waals surface area contributed by atoms with Crippen molar-refractivity contribution in [2.24, 2.45) is 0 Å². The van der Waals surface area contributed by atoms with Crippen molar-refractivity contribution in [3.63, 3.8) is 0 Å². The molecule has 32 heavy (non-hydrogen) atoms. The van der Waals surface area contributed by atoms with E-state index in [1.807, 2.05) is 24.3 Å². The first kappa shape index (κ1) is 22.2. The molecule has 2 aromatic heterocycles. The van der Waals surface area contributed by atoms with Crippen LogP contribution < -0.4 is 10.9 Å². The van der Waals surface area contributed by atoms with Gasteiger partial charge in [-0.3, -0.25) is 14.2 Å². The van der Waals surface area contributed by atoms with Gasteiger partial charge in [0.05, 0.1) is 25.0 Å². The Morgan fingerprint density at radius 2 is 1.88 bits per heavy atom. The van der Waals surface area contributed by atoms with Crippen molar-refractivity contribution in [1.29, 1.82) is 0 Å². The Balaban J connectivity index is 1.34. The molecule has 4 rings (SSSR count). The number of nitrogens with zero attached hydrogens (tertiary/aromatic N) is 4. The van der Waals surface area contributed by atoms with E-state index < -0.39 is 0 Å². The lowest BCUT2D eigenvalue weighted by atomic mass is 10.2. The number of carbonyl (C=O) groups is 1. The van der Waals surface area contributed by atoms with Crippen LogP contribution in [-0.4, -0.2) is 37.5 Å². The Hall–Kier alpha value is -2.98. The molecule has 0 bridgehead atoms. The van der Waals surface area contributed by atoms with Crippen LogP contribution in [0.2, 0.25) is 0 Å². The minimum atomic E-state index is -0.307. The zero-order valence-corrected chi connectivity index (χ0v) is 19.3. The molecule has 0 fully saturated rings. The first-order chi connectivity index (χ1) is 15.5. The van der Waals surface area contributed by atoms with Crippen molar-refractivity contribution in [1.82, 2.24) is 24.6 Å². The molecule has 7 nitrogen and oxygen atoms in total. The van der Waals surface area contributed by atoms with Crippen LogP contribution >= 0.6 is 27.7 Å². The van der Waals surface area contributed by atoms with Gasteiger partial charge in [-0.05, 0) is 42.0 Å². The van der Waals surface area contributed by atoms with E-state index in [2.05, 4.69) is 31.3 Å². The molecule has 1 amide bonds. The number of benzene rings is 2. The van der Waals surface area contributed by atoms with Gasteiger partial charge in [0.15, 0.2) is 5.65 Å². The summed E-state index contributed by atoms with van der Waals surface area (Å²) < 4.78 is 17.1. The van der Waals surface area contributed by atoms with Crippen LogP contribution in [0.5, 0.6) is 0 Å². The molecular formula is C22H19BrFN5O2S. The monoisotopic (exact) mass is 515 g/mol. The zero-order valence-electron chi connectivity index (χ0n) is 16.9. The van der Waals surface area contributed by atoms with Crippen LogP contribution in [0.15, 0.2) is 75.2 Å². The average Bonchev–Trinajstić information content (AvgIpc) is 3.20. The van der Waals surface area contributed by atoms with E-state index in [0.29, 0.717) is 30.7 Å². The summed E-state index contributed by atoms with van der Waals surface area (Å²) in [5, 5.41) is 7.51. The van der Waals surface area contributed by atoms with E-state index in [-0.39, 0.29) is 23.0 Å². The van der Waals surface area contributed by atoms with Crippen LogP contribution in [0.25, 0.3) is 11.0 Å². The van der Waals surface area contributed by atoms with E-state index in [1.54, 1.807) is 21.4 Å². The van der Waals surface area contributed by atoms with Gasteiger partial charge in [0.2, 0.25) is 5.91 Å². The van der Waals surface area contributed by atoms with Crippen molar-refractivity contribution < 1.29 is 9.18 Å². The lowest BCUT2D eigenvalue weighted by Gasteiger charge is -2.08. The summed E-state index contributed by atoms with van der Waals surface area (Å²) in [6.45, 7) is 1.16. The van der Waals surface area contributed by atoms with Gasteiger partial charge in [0, 0.05) is 15.9 Å². The Bertz CT molecular complexity index is 1290. The number of carbonyl (C=O) groups excluding carboxylic acids is 1. The van der Waals surface area contributed by atoms with E-state index in [4.69, 9.17) is 0 Å². The maximum atomic E-state index is 12.9. The lowest BCUT2D eigenvalue weighted by Crippen LogP contribution is -2.29. The second kappa shape index (κ2) is 10.1. The Morgan fingerprint density at radius 1 is 1.12 bits per heavy atom. The summed E-state index contributed by atoms with van der Waals surface area (Å²) in [7, 11) is 0. The molecule has 0 unspecified atom stereocenters. The number of amides is 1. The number of aromatic nitrogens is 4. The van der Waals surface area contributed by atoms with Gasteiger partial charge in [0.25, 0.3) is 5.56 Å². The number of hydrogen-bond acceptors (Lipinski definition) is 5. The van der Waals surface area contributed by atoms with Crippen molar-refractivity contribution in [2.75, 3.05) is 12.3 Å². The maximum absolute atomic E-state index is 12.9. The third kappa shape index (κ3) is 5.43. The van der Waals surface area contributed by atoms with E-state index in [1.165, 1.54) is 36.4 Å². The summed E-state index contributed by atoms with van der Waals surface area (Å²) in [4.78, 5) is 30.1. The van der Waals surface area contributed by atoms with Crippen LogP contribution in [0.3, 0.4) is 0 Å². The fourth-order valence-electron chi connectivity index (χ4n) is 3.09. The minimum absolute atomic E-state index is 0.138. The highest BCUT2D eigenvalue weighted by Crippen LogP contribution is 2.17. The maximum Gasteiger partial charge on any atom is 0.264 e. The minimum Gasteiger partial charge on any atom is -0.354 e. The molecule has 0 aliphatic carbocycles. The smallest absolute Gasteiger partial charge is 0.264 e. The van der Waals surface area contributed by atoms with Crippen LogP contribution in [-0.2, 0) is 17.9 Å². The molecule has 2 heterocycles. The fraction of sp³-hybridized carbons (Fsp3) is 0.182. The number of halogens is 2. The Morgan fingerprint density at radius 3 is 2.62 bits per heavy atom. The topological polar surface area (TPSA) is 81.8 Å². The molecule has 0 atom stereocenters. The molecular weight excluding hydrogens is 497 g/mol. The van der Waals surface area contributed by atoms with Gasteiger partial charge in [0.1, 0.15) is 17.5 Å². The number of thioether (sulfide) groups is 1. The van der Waals surface area contributed by atoms with Gasteiger partial charge in [-0.25, -0.2) is 14.1 Å². The molecule has 0 aliphatic rings. The third-order valence-corrected chi connectivity index (χ3v) is 6.26. The van der Waals surface area contributed by atoms with Crippen molar-refractivity contribution in [3.05, 3.63) is 87.3 Å². The highest BCUT2D eigenvalue weighted by Gasteiger charge is 2.11. The molecule has 0 saturated heterocycles. The molecule has 0 saturated carbocycles. The first-order valence-corrected chi connectivity index (χ1v) is 11.6. The van der Waals surface area contributed by atoms with Crippen molar-refractivity contribution in [3.8, 4) is 0 Å². The number of fused-ring (bicyclic) bond motifs is 1. The second-order valence-electron chi connectivity index (χ2n) is 7.00. The standard InChI is InChI=1S/C22H19BrFN5O2S/c23-16-3-1-15(2-4-16)12-28-14-26-21-19(22(28)31)11-27-29(21)10-9-25-20(30)13-32-18-7-5-17(24)6-8-18/h1-8,11,14H,9-10,12-13H2,(H,25,30). The first-order valence-electron chi connectivity index (χ1n) is 9.80. The fourth-order valence-corrected chi connectivity index (χ4v) is 4.08. The molecule has 0 spiro atoms. The largest absolute Gasteiger partial charge is 0.354 e. The van der Waals surface area contributed by atoms with Crippen LogP contribution in [0, 0.1) is 5.82 Å². The van der Waals surface area contributed by atoms with Gasteiger partial charge >= 0.3 is 0 Å². The molecule has 164 valence electrons. The highest BCUT2D eigenvalue weighted by molar-refractivity contribution is 9.10. The van der Waals surface area contributed by atoms with E-state index in [9.17, 15) is 14.0 Å². The van der Waals surface area contributed by atoms with E-state index >= 15 is 0 Å². The summed E-state index contributed by atoms with van der Waals surface area (Å²) >= 11 is 4.73.